The van der Waals surface area contributed by atoms with Gasteiger partial charge in [0.25, 0.3) is 0 Å². The van der Waals surface area contributed by atoms with Crippen LogP contribution in [0.5, 0.6) is 0 Å². The van der Waals surface area contributed by atoms with Crippen LogP contribution in [-0.4, -0.2) is 22.8 Å². The van der Waals surface area contributed by atoms with Crippen molar-refractivity contribution >= 4 is 23.3 Å². The predicted octanol–water partition coefficient (Wildman–Crippen LogP) is 3.13. The number of hydrogen-bond donors (Lipinski definition) is 2. The van der Waals surface area contributed by atoms with Crippen LogP contribution >= 0.6 is 0 Å². The fraction of sp³-hybridized carbons (Fsp3) is 0.118. The van der Waals surface area contributed by atoms with Crippen molar-refractivity contribution in [1.82, 2.24) is 0 Å². The molecule has 0 saturated carbocycles. The Kier molecular flexibility index (Phi) is 5.19. The molecule has 2 aromatic carbocycles. The van der Waals surface area contributed by atoms with E-state index in [1.807, 2.05) is 0 Å². The standard InChI is InChI=1S/C17H14FNO4/c18-13-6-4-11(5-7-13)15(20)8-9-16(21)19-14-3-1-2-12(10-14)17(22)23/h1-7,10H,8-9H2,(H,19,21)(H,22,23). The lowest BCUT2D eigenvalue weighted by Gasteiger charge is -2.06. The Bertz CT molecular complexity index is 741. The van der Waals surface area contributed by atoms with Crippen LogP contribution in [0.1, 0.15) is 33.6 Å². The van der Waals surface area contributed by atoms with Crippen LogP contribution in [0.15, 0.2) is 48.5 Å². The number of hydrogen-bond acceptors (Lipinski definition) is 3. The molecule has 0 bridgehead atoms. The van der Waals surface area contributed by atoms with Crippen molar-refractivity contribution in [2.75, 3.05) is 5.32 Å². The highest BCUT2D eigenvalue weighted by Crippen LogP contribution is 2.12. The maximum atomic E-state index is 12.8. The van der Waals surface area contributed by atoms with E-state index in [4.69, 9.17) is 5.11 Å². The molecule has 0 saturated heterocycles. The zero-order chi connectivity index (χ0) is 16.8. The highest BCUT2D eigenvalue weighted by Gasteiger charge is 2.10. The van der Waals surface area contributed by atoms with E-state index in [9.17, 15) is 18.8 Å². The van der Waals surface area contributed by atoms with E-state index < -0.39 is 17.7 Å². The van der Waals surface area contributed by atoms with Crippen LogP contribution in [0.2, 0.25) is 0 Å². The highest BCUT2D eigenvalue weighted by atomic mass is 19.1. The number of halogens is 1. The van der Waals surface area contributed by atoms with Gasteiger partial charge in [0.2, 0.25) is 5.91 Å². The number of carbonyl (C=O) groups excluding carboxylic acids is 2. The lowest BCUT2D eigenvalue weighted by molar-refractivity contribution is -0.116. The van der Waals surface area contributed by atoms with E-state index in [2.05, 4.69) is 5.32 Å². The average Bonchev–Trinajstić information content (AvgIpc) is 2.53. The zero-order valence-corrected chi connectivity index (χ0v) is 12.1. The molecule has 2 rings (SSSR count). The Morgan fingerprint density at radius 2 is 1.65 bits per heavy atom. The molecule has 118 valence electrons. The maximum absolute atomic E-state index is 12.8. The van der Waals surface area contributed by atoms with Crippen LogP contribution < -0.4 is 5.32 Å². The van der Waals surface area contributed by atoms with E-state index in [0.29, 0.717) is 11.3 Å². The second-order valence-electron chi connectivity index (χ2n) is 4.86. The number of anilines is 1. The number of carbonyl (C=O) groups is 3. The summed E-state index contributed by atoms with van der Waals surface area (Å²) in [6.45, 7) is 0. The molecule has 1 amide bonds. The summed E-state index contributed by atoms with van der Waals surface area (Å²) in [5, 5.41) is 11.4. The van der Waals surface area contributed by atoms with Gasteiger partial charge < -0.3 is 10.4 Å². The number of Topliss-reactive ketones (excluding diaryl/α,β-unsaturated/α-hetero) is 1. The minimum Gasteiger partial charge on any atom is -0.478 e. The molecule has 0 aromatic heterocycles. The summed E-state index contributed by atoms with van der Waals surface area (Å²) in [7, 11) is 0. The summed E-state index contributed by atoms with van der Waals surface area (Å²) >= 11 is 0. The first-order chi connectivity index (χ1) is 11.0. The fourth-order valence-electron chi connectivity index (χ4n) is 1.96. The third kappa shape index (κ3) is 4.74. The Balaban J connectivity index is 1.90. The van der Waals surface area contributed by atoms with Crippen LogP contribution in [0, 0.1) is 5.82 Å². The SMILES string of the molecule is O=C(CCC(=O)c1ccc(F)cc1)Nc1cccc(C(=O)O)c1. The molecule has 5 nitrogen and oxygen atoms in total. The molecular weight excluding hydrogens is 301 g/mol. The van der Waals surface area contributed by atoms with Gasteiger partial charge in [0.15, 0.2) is 5.78 Å². The highest BCUT2D eigenvalue weighted by molar-refractivity contribution is 6.00. The average molecular weight is 315 g/mol. The summed E-state index contributed by atoms with van der Waals surface area (Å²) in [5.41, 5.74) is 0.751. The smallest absolute Gasteiger partial charge is 0.335 e. The number of carboxylic acids is 1. The second kappa shape index (κ2) is 7.31. The van der Waals surface area contributed by atoms with Crippen LogP contribution in [0.3, 0.4) is 0 Å². The number of benzene rings is 2. The molecular formula is C17H14FNO4. The number of nitrogens with one attached hydrogen (secondary N) is 1. The third-order valence-electron chi connectivity index (χ3n) is 3.14. The number of rotatable bonds is 6. The molecule has 0 aliphatic heterocycles. The van der Waals surface area contributed by atoms with Gasteiger partial charge in [-0.05, 0) is 42.5 Å². The lowest BCUT2D eigenvalue weighted by atomic mass is 10.1. The molecule has 0 unspecified atom stereocenters. The predicted molar refractivity (Wildman–Crippen MR) is 82.0 cm³/mol. The van der Waals surface area contributed by atoms with Gasteiger partial charge in [-0.2, -0.15) is 0 Å². The van der Waals surface area contributed by atoms with Crippen molar-refractivity contribution in [2.45, 2.75) is 12.8 Å². The van der Waals surface area contributed by atoms with E-state index >= 15 is 0 Å². The Labute approximate surface area is 131 Å². The number of aromatic carboxylic acids is 1. The Hall–Kier alpha value is -3.02. The van der Waals surface area contributed by atoms with Gasteiger partial charge in [-0.3, -0.25) is 9.59 Å². The fourth-order valence-corrected chi connectivity index (χ4v) is 1.96. The van der Waals surface area contributed by atoms with E-state index in [1.54, 1.807) is 6.07 Å². The largest absolute Gasteiger partial charge is 0.478 e. The first-order valence-corrected chi connectivity index (χ1v) is 6.87. The number of carboxylic acid groups (broad SMARTS) is 1. The Morgan fingerprint density at radius 3 is 2.30 bits per heavy atom. The minimum absolute atomic E-state index is 0.0178. The first kappa shape index (κ1) is 16.4. The van der Waals surface area contributed by atoms with Crippen molar-refractivity contribution in [2.24, 2.45) is 0 Å². The van der Waals surface area contributed by atoms with E-state index in [1.165, 1.54) is 42.5 Å². The summed E-state index contributed by atoms with van der Waals surface area (Å²) in [6.07, 6.45) is -0.0659. The third-order valence-corrected chi connectivity index (χ3v) is 3.14. The van der Waals surface area contributed by atoms with Gasteiger partial charge in [-0.25, -0.2) is 9.18 Å². The maximum Gasteiger partial charge on any atom is 0.335 e. The molecule has 0 atom stereocenters. The van der Waals surface area contributed by atoms with Gasteiger partial charge in [-0.15, -0.1) is 0 Å². The molecule has 0 radical (unpaired) electrons. The number of ketones is 1. The lowest BCUT2D eigenvalue weighted by Crippen LogP contribution is -2.14. The Morgan fingerprint density at radius 1 is 0.957 bits per heavy atom. The molecule has 0 aliphatic rings. The quantitative estimate of drug-likeness (QED) is 0.802. The summed E-state index contributed by atoms with van der Waals surface area (Å²) in [6, 6.07) is 10.9. The molecule has 23 heavy (non-hydrogen) atoms. The van der Waals surface area contributed by atoms with E-state index in [0.717, 1.165) is 0 Å². The minimum atomic E-state index is -1.09. The summed E-state index contributed by atoms with van der Waals surface area (Å²) in [5.74, 6) is -2.19. The molecule has 0 spiro atoms. The molecule has 6 heteroatoms. The van der Waals surface area contributed by atoms with Crippen LogP contribution in [-0.2, 0) is 4.79 Å². The van der Waals surface area contributed by atoms with Crippen molar-refractivity contribution in [1.29, 1.82) is 0 Å². The molecule has 2 N–H and O–H groups in total. The topological polar surface area (TPSA) is 83.5 Å². The number of amides is 1. The zero-order valence-electron chi connectivity index (χ0n) is 12.1. The van der Waals surface area contributed by atoms with Crippen LogP contribution in [0.25, 0.3) is 0 Å². The van der Waals surface area contributed by atoms with Crippen molar-refractivity contribution < 1.29 is 23.9 Å². The van der Waals surface area contributed by atoms with Crippen molar-refractivity contribution in [3.8, 4) is 0 Å². The molecule has 0 fully saturated rings. The van der Waals surface area contributed by atoms with Gasteiger partial charge in [0.05, 0.1) is 5.56 Å². The summed E-state index contributed by atoms with van der Waals surface area (Å²) < 4.78 is 12.8. The van der Waals surface area contributed by atoms with Crippen LogP contribution in [0.4, 0.5) is 10.1 Å². The van der Waals surface area contributed by atoms with Gasteiger partial charge in [-0.1, -0.05) is 6.07 Å². The van der Waals surface area contributed by atoms with Gasteiger partial charge >= 0.3 is 5.97 Å². The van der Waals surface area contributed by atoms with Crippen molar-refractivity contribution in [3.63, 3.8) is 0 Å². The summed E-state index contributed by atoms with van der Waals surface area (Å²) in [4.78, 5) is 34.5. The molecule has 2 aromatic rings. The monoisotopic (exact) mass is 315 g/mol. The molecule has 0 aliphatic carbocycles. The van der Waals surface area contributed by atoms with Gasteiger partial charge in [0, 0.05) is 24.1 Å². The first-order valence-electron chi connectivity index (χ1n) is 6.87. The molecule has 0 heterocycles. The van der Waals surface area contributed by atoms with Gasteiger partial charge in [0.1, 0.15) is 5.82 Å². The van der Waals surface area contributed by atoms with E-state index in [-0.39, 0.29) is 24.2 Å². The normalized spacial score (nSPS) is 10.1. The second-order valence-corrected chi connectivity index (χ2v) is 4.86. The van der Waals surface area contributed by atoms with Crippen molar-refractivity contribution in [3.05, 3.63) is 65.5 Å².